The van der Waals surface area contributed by atoms with Crippen LogP contribution in [0.15, 0.2) is 29.6 Å². The molecule has 3 aromatic rings. The number of methoxy groups -OCH3 is 1. The molecule has 0 radical (unpaired) electrons. The molecule has 136 valence electrons. The van der Waals surface area contributed by atoms with Crippen LogP contribution in [0.1, 0.15) is 13.3 Å². The summed E-state index contributed by atoms with van der Waals surface area (Å²) >= 11 is 7.06. The molecule has 0 unspecified atom stereocenters. The fourth-order valence-corrected chi connectivity index (χ4v) is 3.79. The van der Waals surface area contributed by atoms with Crippen molar-refractivity contribution in [3.8, 4) is 11.5 Å². The molecule has 0 amide bonds. The molecule has 2 aromatic heterocycles. The first-order valence-electron chi connectivity index (χ1n) is 7.83. The molecule has 1 atom stereocenters. The van der Waals surface area contributed by atoms with E-state index in [0.29, 0.717) is 21.4 Å². The van der Waals surface area contributed by atoms with Crippen LogP contribution in [0, 0.1) is 0 Å². The van der Waals surface area contributed by atoms with Crippen LogP contribution in [-0.4, -0.2) is 42.4 Å². The largest absolute Gasteiger partial charge is 0.504 e. The van der Waals surface area contributed by atoms with Crippen molar-refractivity contribution in [2.75, 3.05) is 18.2 Å². The van der Waals surface area contributed by atoms with Gasteiger partial charge >= 0.3 is 0 Å². The lowest BCUT2D eigenvalue weighted by Gasteiger charge is -2.18. The fraction of sp³-hybridized carbons (Fsp3) is 0.250. The Balaban J connectivity index is 1.79. The van der Waals surface area contributed by atoms with Gasteiger partial charge in [0.05, 0.1) is 23.7 Å². The maximum Gasteiger partial charge on any atom is 0.223 e. The highest BCUT2D eigenvalue weighted by atomic mass is 32.2. The van der Waals surface area contributed by atoms with Crippen molar-refractivity contribution in [1.29, 1.82) is 0 Å². The van der Waals surface area contributed by atoms with Crippen molar-refractivity contribution >= 4 is 51.8 Å². The van der Waals surface area contributed by atoms with E-state index in [1.807, 2.05) is 6.92 Å². The second-order valence-corrected chi connectivity index (χ2v) is 7.01. The minimum Gasteiger partial charge on any atom is -0.504 e. The van der Waals surface area contributed by atoms with Gasteiger partial charge in [0.15, 0.2) is 17.1 Å². The summed E-state index contributed by atoms with van der Waals surface area (Å²) in [6, 6.07) is 4.98. The van der Waals surface area contributed by atoms with E-state index < -0.39 is 0 Å². The monoisotopic (exact) mass is 390 g/mol. The van der Waals surface area contributed by atoms with Crippen LogP contribution < -0.4 is 15.8 Å². The molecule has 26 heavy (non-hydrogen) atoms. The van der Waals surface area contributed by atoms with Crippen molar-refractivity contribution in [1.82, 2.24) is 19.9 Å². The summed E-state index contributed by atoms with van der Waals surface area (Å²) in [5, 5.41) is 13.6. The molecule has 3 rings (SSSR count). The Morgan fingerprint density at radius 3 is 3.00 bits per heavy atom. The lowest BCUT2D eigenvalue weighted by atomic mass is 10.2. The molecule has 8 nitrogen and oxygen atoms in total. The highest BCUT2D eigenvalue weighted by Gasteiger charge is 2.19. The Morgan fingerprint density at radius 1 is 1.46 bits per heavy atom. The SMILES string of the molecule is CC[C@H](Sc1nc(N)nc2nc[nH]c12)C(=S)Nc1ccc(O)c(OC)c1. The van der Waals surface area contributed by atoms with Gasteiger partial charge in [-0.2, -0.15) is 4.98 Å². The van der Waals surface area contributed by atoms with Crippen LogP contribution in [0.25, 0.3) is 11.2 Å². The number of phenolic OH excluding ortho intramolecular Hbond substituents is 1. The van der Waals surface area contributed by atoms with Gasteiger partial charge in [-0.15, -0.1) is 0 Å². The zero-order valence-corrected chi connectivity index (χ0v) is 15.8. The molecular weight excluding hydrogens is 372 g/mol. The predicted octanol–water partition coefficient (Wildman–Crippen LogP) is 2.96. The number of fused-ring (bicyclic) bond motifs is 1. The van der Waals surface area contributed by atoms with Gasteiger partial charge in [0.2, 0.25) is 5.95 Å². The van der Waals surface area contributed by atoms with Gasteiger partial charge in [-0.1, -0.05) is 30.9 Å². The zero-order chi connectivity index (χ0) is 18.7. The fourth-order valence-electron chi connectivity index (χ4n) is 2.34. The number of ether oxygens (including phenoxy) is 1. The Bertz CT molecular complexity index is 946. The quantitative estimate of drug-likeness (QED) is 0.218. The van der Waals surface area contributed by atoms with E-state index in [0.717, 1.165) is 17.6 Å². The highest BCUT2D eigenvalue weighted by molar-refractivity contribution is 8.02. The maximum absolute atomic E-state index is 9.70. The first-order chi connectivity index (χ1) is 12.5. The number of hydrogen-bond donors (Lipinski definition) is 4. The number of phenols is 1. The third kappa shape index (κ3) is 3.81. The van der Waals surface area contributed by atoms with Gasteiger partial charge in [0.1, 0.15) is 10.5 Å². The highest BCUT2D eigenvalue weighted by Crippen LogP contribution is 2.32. The first-order valence-corrected chi connectivity index (χ1v) is 9.11. The average Bonchev–Trinajstić information content (AvgIpc) is 3.09. The number of nitrogens with one attached hydrogen (secondary N) is 2. The summed E-state index contributed by atoms with van der Waals surface area (Å²) in [5.41, 5.74) is 7.76. The Kier molecular flexibility index (Phi) is 5.43. The number of aromatic hydroxyl groups is 1. The Labute approximate surface area is 159 Å². The Morgan fingerprint density at radius 2 is 2.27 bits per heavy atom. The third-order valence-electron chi connectivity index (χ3n) is 3.63. The van der Waals surface area contributed by atoms with E-state index >= 15 is 0 Å². The predicted molar refractivity (Wildman–Crippen MR) is 107 cm³/mol. The number of H-pyrrole nitrogens is 1. The second-order valence-electron chi connectivity index (χ2n) is 5.38. The second kappa shape index (κ2) is 7.75. The molecule has 0 saturated carbocycles. The van der Waals surface area contributed by atoms with Crippen LogP contribution in [0.2, 0.25) is 0 Å². The summed E-state index contributed by atoms with van der Waals surface area (Å²) in [4.78, 5) is 16.2. The average molecular weight is 390 g/mol. The molecule has 10 heteroatoms. The molecule has 0 spiro atoms. The summed E-state index contributed by atoms with van der Waals surface area (Å²) in [6.45, 7) is 2.04. The maximum atomic E-state index is 9.70. The normalized spacial score (nSPS) is 12.1. The number of nitrogen functional groups attached to an aromatic ring is 1. The standard InChI is InChI=1S/C16H18N6O2S2/c1-3-11(14(25)20-8-4-5-9(23)10(6-8)24-2)26-15-12-13(19-7-18-12)21-16(17)22-15/h4-7,11,23H,3H2,1-2H3,(H,20,25)(H3,17,18,19,21,22)/t11-/m0/s1. The minimum atomic E-state index is -0.0365. The van der Waals surface area contributed by atoms with E-state index in [-0.39, 0.29) is 16.9 Å². The van der Waals surface area contributed by atoms with Crippen molar-refractivity contribution < 1.29 is 9.84 Å². The molecule has 0 aliphatic heterocycles. The molecule has 0 aliphatic carbocycles. The molecule has 5 N–H and O–H groups in total. The van der Waals surface area contributed by atoms with Gasteiger partial charge in [0, 0.05) is 11.8 Å². The van der Waals surface area contributed by atoms with Crippen LogP contribution >= 0.6 is 24.0 Å². The van der Waals surface area contributed by atoms with Gasteiger partial charge in [0.25, 0.3) is 0 Å². The smallest absolute Gasteiger partial charge is 0.223 e. The number of nitrogens with zero attached hydrogens (tertiary/aromatic N) is 3. The number of aromatic nitrogens is 4. The molecule has 0 saturated heterocycles. The lowest BCUT2D eigenvalue weighted by Crippen LogP contribution is -2.22. The van der Waals surface area contributed by atoms with Gasteiger partial charge in [-0.05, 0) is 18.6 Å². The van der Waals surface area contributed by atoms with Crippen molar-refractivity contribution in [2.45, 2.75) is 23.6 Å². The number of aromatic amines is 1. The molecule has 0 aliphatic rings. The zero-order valence-electron chi connectivity index (χ0n) is 14.2. The lowest BCUT2D eigenvalue weighted by molar-refractivity contribution is 0.374. The van der Waals surface area contributed by atoms with Crippen molar-refractivity contribution in [3.05, 3.63) is 24.5 Å². The van der Waals surface area contributed by atoms with Crippen molar-refractivity contribution in [2.24, 2.45) is 0 Å². The number of benzene rings is 1. The van der Waals surface area contributed by atoms with Gasteiger partial charge in [-0.25, -0.2) is 9.97 Å². The number of rotatable bonds is 6. The van der Waals surface area contributed by atoms with Crippen molar-refractivity contribution in [3.63, 3.8) is 0 Å². The summed E-state index contributed by atoms with van der Waals surface area (Å²) in [6.07, 6.45) is 2.34. The summed E-state index contributed by atoms with van der Waals surface area (Å²) < 4.78 is 5.12. The number of thiocarbonyl (C=S) groups is 1. The summed E-state index contributed by atoms with van der Waals surface area (Å²) in [7, 11) is 1.50. The van der Waals surface area contributed by atoms with Crippen LogP contribution in [0.3, 0.4) is 0 Å². The topological polar surface area (TPSA) is 122 Å². The first kappa shape index (κ1) is 18.2. The number of hydrogen-bond acceptors (Lipinski definition) is 8. The van der Waals surface area contributed by atoms with E-state index in [9.17, 15) is 5.11 Å². The number of nitrogens with two attached hydrogens (primary N) is 1. The minimum absolute atomic E-state index is 0.0365. The van der Waals surface area contributed by atoms with E-state index in [2.05, 4.69) is 25.3 Å². The van der Waals surface area contributed by atoms with E-state index in [1.165, 1.54) is 18.9 Å². The van der Waals surface area contributed by atoms with Gasteiger partial charge < -0.3 is 25.9 Å². The van der Waals surface area contributed by atoms with Crippen LogP contribution in [0.4, 0.5) is 11.6 Å². The van der Waals surface area contributed by atoms with Crippen LogP contribution in [0.5, 0.6) is 11.5 Å². The molecule has 1 aromatic carbocycles. The molecule has 0 bridgehead atoms. The molecule has 0 fully saturated rings. The molecule has 2 heterocycles. The van der Waals surface area contributed by atoms with E-state index in [4.69, 9.17) is 22.7 Å². The number of imidazole rings is 1. The Hall–Kier alpha value is -2.59. The molecular formula is C16H18N6O2S2. The summed E-state index contributed by atoms with van der Waals surface area (Å²) in [5.74, 6) is 0.619. The number of anilines is 2. The number of thioether (sulfide) groups is 1. The van der Waals surface area contributed by atoms with Crippen LogP contribution in [-0.2, 0) is 0 Å². The third-order valence-corrected chi connectivity index (χ3v) is 5.54. The van der Waals surface area contributed by atoms with E-state index in [1.54, 1.807) is 24.5 Å². The van der Waals surface area contributed by atoms with Gasteiger partial charge in [-0.3, -0.25) is 0 Å².